The maximum absolute atomic E-state index is 14.5. The summed E-state index contributed by atoms with van der Waals surface area (Å²) in [5.74, 6) is -1.95. The van der Waals surface area contributed by atoms with E-state index in [-0.39, 0.29) is 30.4 Å². The normalized spacial score (nSPS) is 17.4. The van der Waals surface area contributed by atoms with Crippen LogP contribution in [-0.4, -0.2) is 12.3 Å². The van der Waals surface area contributed by atoms with Crippen molar-refractivity contribution in [3.05, 3.63) is 57.3 Å². The van der Waals surface area contributed by atoms with Crippen molar-refractivity contribution in [2.75, 3.05) is 5.32 Å². The monoisotopic (exact) mass is 436 g/mol. The molecule has 2 rings (SSSR count). The number of hydrogen-bond donors (Lipinski definition) is 1. The Morgan fingerprint density at radius 1 is 1.19 bits per heavy atom. The van der Waals surface area contributed by atoms with Gasteiger partial charge in [0.1, 0.15) is 11.4 Å². The number of nitrogens with one attached hydrogen (secondary N) is 1. The van der Waals surface area contributed by atoms with Gasteiger partial charge < -0.3 is 5.32 Å². The van der Waals surface area contributed by atoms with E-state index in [9.17, 15) is 22.9 Å². The van der Waals surface area contributed by atoms with Crippen molar-refractivity contribution >= 4 is 11.6 Å². The topological polar surface area (TPSA) is 58.5 Å². The summed E-state index contributed by atoms with van der Waals surface area (Å²) in [5, 5.41) is 5.57. The van der Waals surface area contributed by atoms with Crippen molar-refractivity contribution in [2.24, 2.45) is 22.9 Å². The van der Waals surface area contributed by atoms with Crippen LogP contribution in [0, 0.1) is 28.5 Å². The van der Waals surface area contributed by atoms with E-state index < -0.39 is 29.6 Å². The number of hydrogen-bond acceptors (Lipinski definition) is 3. The molecule has 170 valence electrons. The molecular formula is C24H31F3N2O2. The first-order valence-corrected chi connectivity index (χ1v) is 10.5. The summed E-state index contributed by atoms with van der Waals surface area (Å²) in [6, 6.07) is 4.13. The minimum atomic E-state index is -2.46. The van der Waals surface area contributed by atoms with Crippen LogP contribution in [0.5, 0.6) is 0 Å². The molecule has 1 N–H and O–H groups in total. The molecule has 1 aliphatic carbocycles. The molecular weight excluding hydrogens is 405 g/mol. The van der Waals surface area contributed by atoms with Gasteiger partial charge in [0.05, 0.1) is 12.1 Å². The lowest BCUT2D eigenvalue weighted by atomic mass is 9.76. The molecule has 1 aromatic carbocycles. The minimum Gasteiger partial charge on any atom is -0.323 e. The fraction of sp³-hybridized carbons (Fsp3) is 0.542. The molecule has 0 radical (unpaired) electrons. The highest BCUT2D eigenvalue weighted by atomic mass is 19.3. The molecule has 0 aliphatic heterocycles. The summed E-state index contributed by atoms with van der Waals surface area (Å²) in [7, 11) is 0. The first-order chi connectivity index (χ1) is 14.4. The standard InChI is InChI=1S/C24H31F3N2O2/c1-13(2)17-9-15(23(26)27)10-18(14(3)4)19(17)12-22(30)28-21-8-7-16(11-20(21)25)24(5,6)29-31/h7-9,11,13-15,23H,10,12H2,1-6H3,(H,28,30). The van der Waals surface area contributed by atoms with Gasteiger partial charge in [0.25, 0.3) is 0 Å². The number of carbonyl (C=O) groups is 1. The van der Waals surface area contributed by atoms with Crippen LogP contribution in [-0.2, 0) is 10.3 Å². The second kappa shape index (κ2) is 9.79. The molecule has 0 bridgehead atoms. The third-order valence-electron chi connectivity index (χ3n) is 5.74. The first kappa shape index (κ1) is 24.8. The predicted molar refractivity (Wildman–Crippen MR) is 117 cm³/mol. The number of carbonyl (C=O) groups excluding carboxylic acids is 1. The second-order valence-corrected chi connectivity index (χ2v) is 9.21. The zero-order valence-corrected chi connectivity index (χ0v) is 18.9. The van der Waals surface area contributed by atoms with Crippen LogP contribution < -0.4 is 5.32 Å². The van der Waals surface area contributed by atoms with Gasteiger partial charge in [-0.3, -0.25) is 4.79 Å². The van der Waals surface area contributed by atoms with Gasteiger partial charge in [-0.05, 0) is 60.9 Å². The van der Waals surface area contributed by atoms with Crippen molar-refractivity contribution in [1.29, 1.82) is 0 Å². The summed E-state index contributed by atoms with van der Waals surface area (Å²) in [6.45, 7) is 10.8. The lowest BCUT2D eigenvalue weighted by Crippen LogP contribution is -2.23. The highest BCUT2D eigenvalue weighted by Crippen LogP contribution is 2.40. The molecule has 1 aliphatic rings. The molecule has 0 heterocycles. The van der Waals surface area contributed by atoms with Crippen LogP contribution in [0.4, 0.5) is 18.9 Å². The molecule has 0 aromatic heterocycles. The summed E-state index contributed by atoms with van der Waals surface area (Å²) in [5.41, 5.74) is 1.69. The van der Waals surface area contributed by atoms with Crippen molar-refractivity contribution in [3.8, 4) is 0 Å². The highest BCUT2D eigenvalue weighted by Gasteiger charge is 2.31. The molecule has 0 saturated carbocycles. The summed E-state index contributed by atoms with van der Waals surface area (Å²) in [6.07, 6.45) is -0.676. The van der Waals surface area contributed by atoms with Crippen LogP contribution in [0.2, 0.25) is 0 Å². The molecule has 0 spiro atoms. The van der Waals surface area contributed by atoms with Gasteiger partial charge in [-0.15, -0.1) is 4.91 Å². The first-order valence-electron chi connectivity index (χ1n) is 10.5. The van der Waals surface area contributed by atoms with Crippen LogP contribution >= 0.6 is 0 Å². The predicted octanol–water partition coefficient (Wildman–Crippen LogP) is 6.98. The molecule has 1 aromatic rings. The Balaban J connectivity index is 2.29. The van der Waals surface area contributed by atoms with E-state index in [1.165, 1.54) is 12.1 Å². The van der Waals surface area contributed by atoms with Gasteiger partial charge in [0.2, 0.25) is 12.3 Å². The van der Waals surface area contributed by atoms with Gasteiger partial charge in [-0.2, -0.15) is 0 Å². The molecule has 31 heavy (non-hydrogen) atoms. The fourth-order valence-corrected chi connectivity index (χ4v) is 3.86. The van der Waals surface area contributed by atoms with E-state index in [1.54, 1.807) is 26.0 Å². The van der Waals surface area contributed by atoms with E-state index in [1.807, 2.05) is 27.7 Å². The smallest absolute Gasteiger partial charge is 0.245 e. The van der Waals surface area contributed by atoms with Crippen LogP contribution in [0.3, 0.4) is 0 Å². The third-order valence-corrected chi connectivity index (χ3v) is 5.74. The SMILES string of the molecule is CC(C)C1=CC(C(F)F)CC(C(C)C)=C1CC(=O)Nc1ccc(C(C)(C)N=O)cc1F. The lowest BCUT2D eigenvalue weighted by Gasteiger charge is -2.30. The summed E-state index contributed by atoms with van der Waals surface area (Å²) >= 11 is 0. The van der Waals surface area contributed by atoms with Crippen LogP contribution in [0.25, 0.3) is 0 Å². The van der Waals surface area contributed by atoms with Crippen LogP contribution in [0.1, 0.15) is 59.9 Å². The molecule has 4 nitrogen and oxygen atoms in total. The minimum absolute atomic E-state index is 0.00140. The van der Waals surface area contributed by atoms with E-state index in [0.717, 1.165) is 16.7 Å². The van der Waals surface area contributed by atoms with Crippen molar-refractivity contribution in [3.63, 3.8) is 0 Å². The average molecular weight is 437 g/mol. The number of halogens is 3. The summed E-state index contributed by atoms with van der Waals surface area (Å²) < 4.78 is 41.4. The molecule has 0 saturated heterocycles. The van der Waals surface area contributed by atoms with Crippen molar-refractivity contribution < 1.29 is 18.0 Å². The van der Waals surface area contributed by atoms with E-state index in [0.29, 0.717) is 5.56 Å². The fourth-order valence-electron chi connectivity index (χ4n) is 3.86. The number of allylic oxidation sites excluding steroid dienone is 3. The quantitative estimate of drug-likeness (QED) is 0.447. The maximum atomic E-state index is 14.5. The number of amides is 1. The number of nitrogens with zero attached hydrogens (tertiary/aromatic N) is 1. The lowest BCUT2D eigenvalue weighted by molar-refractivity contribution is -0.115. The van der Waals surface area contributed by atoms with Gasteiger partial charge in [0.15, 0.2) is 0 Å². The Hall–Kier alpha value is -2.44. The van der Waals surface area contributed by atoms with Gasteiger partial charge in [-0.1, -0.05) is 50.6 Å². The van der Waals surface area contributed by atoms with Gasteiger partial charge in [0, 0.05) is 5.92 Å². The number of anilines is 1. The van der Waals surface area contributed by atoms with E-state index in [4.69, 9.17) is 0 Å². The zero-order valence-electron chi connectivity index (χ0n) is 18.9. The molecule has 1 amide bonds. The Labute approximate surface area is 182 Å². The Kier molecular flexibility index (Phi) is 7.84. The van der Waals surface area contributed by atoms with Gasteiger partial charge in [-0.25, -0.2) is 13.2 Å². The Bertz CT molecular complexity index is 902. The molecule has 7 heteroatoms. The van der Waals surface area contributed by atoms with E-state index in [2.05, 4.69) is 10.5 Å². The number of nitroso groups, excluding NO2 is 1. The number of alkyl halides is 2. The molecule has 0 fully saturated rings. The van der Waals surface area contributed by atoms with Crippen molar-refractivity contribution in [1.82, 2.24) is 0 Å². The largest absolute Gasteiger partial charge is 0.323 e. The van der Waals surface area contributed by atoms with Gasteiger partial charge >= 0.3 is 0 Å². The average Bonchev–Trinajstić information content (AvgIpc) is 2.68. The van der Waals surface area contributed by atoms with E-state index >= 15 is 0 Å². The highest BCUT2D eigenvalue weighted by molar-refractivity contribution is 5.93. The second-order valence-electron chi connectivity index (χ2n) is 9.21. The van der Waals surface area contributed by atoms with Crippen molar-refractivity contribution in [2.45, 2.75) is 66.3 Å². The zero-order chi connectivity index (χ0) is 23.5. The third kappa shape index (κ3) is 5.83. The van der Waals surface area contributed by atoms with Crippen LogP contribution in [0.15, 0.2) is 46.2 Å². The Morgan fingerprint density at radius 2 is 1.84 bits per heavy atom. The summed E-state index contributed by atoms with van der Waals surface area (Å²) in [4.78, 5) is 23.7. The number of benzene rings is 1. The molecule has 1 atom stereocenters. The Morgan fingerprint density at radius 3 is 2.32 bits per heavy atom. The maximum Gasteiger partial charge on any atom is 0.245 e. The number of rotatable bonds is 8. The molecule has 1 unspecified atom stereocenters.